The summed E-state index contributed by atoms with van der Waals surface area (Å²) >= 11 is 0. The molecule has 0 bridgehead atoms. The smallest absolute Gasteiger partial charge is 0.354 e. The second-order valence-electron chi connectivity index (χ2n) is 7.12. The van der Waals surface area contributed by atoms with Crippen molar-refractivity contribution in [3.05, 3.63) is 76.1 Å². The van der Waals surface area contributed by atoms with Crippen molar-refractivity contribution in [3.8, 4) is 0 Å². The number of benzene rings is 2. The van der Waals surface area contributed by atoms with Crippen molar-refractivity contribution in [2.45, 2.75) is 19.8 Å². The van der Waals surface area contributed by atoms with Crippen LogP contribution in [0.4, 0.5) is 28.7 Å². The van der Waals surface area contributed by atoms with Gasteiger partial charge in [-0.15, -0.1) is 0 Å². The summed E-state index contributed by atoms with van der Waals surface area (Å²) in [7, 11) is 2.87. The number of esters is 1. The van der Waals surface area contributed by atoms with E-state index in [1.165, 1.54) is 18.3 Å². The normalized spacial score (nSPS) is 10.6. The molecule has 31 heavy (non-hydrogen) atoms. The Morgan fingerprint density at radius 3 is 2.42 bits per heavy atom. The van der Waals surface area contributed by atoms with Gasteiger partial charge < -0.3 is 15.0 Å². The molecule has 0 spiro atoms. The predicted molar refractivity (Wildman–Crippen MR) is 118 cm³/mol. The Kier molecular flexibility index (Phi) is 6.44. The first kappa shape index (κ1) is 21.7. The Hall–Kier alpha value is -4.01. The van der Waals surface area contributed by atoms with Crippen LogP contribution in [0.2, 0.25) is 0 Å². The molecule has 0 saturated carbocycles. The van der Waals surface area contributed by atoms with E-state index >= 15 is 0 Å². The minimum Gasteiger partial charge on any atom is -0.465 e. The molecule has 0 saturated heterocycles. The van der Waals surface area contributed by atoms with Crippen LogP contribution in [0.15, 0.2) is 54.9 Å². The SMILES string of the molecule is COC(=O)c1ccccc1N(C)c1ncnc(Nc2ccc(C(C)C)cc2)c1[N+](=O)[O-]. The standard InChI is InChI=1S/C22H23N5O4/c1-14(2)15-9-11-16(12-10-15)25-20-19(27(29)30)21(24-13-23-20)26(3)18-8-6-5-7-17(18)22(28)31-4/h5-14H,1-4H3,(H,23,24,25). The maximum absolute atomic E-state index is 12.1. The van der Waals surface area contributed by atoms with E-state index in [-0.39, 0.29) is 22.9 Å². The number of para-hydroxylation sites is 1. The lowest BCUT2D eigenvalue weighted by Crippen LogP contribution is -2.18. The quantitative estimate of drug-likeness (QED) is 0.329. The van der Waals surface area contributed by atoms with Crippen LogP contribution in [0.25, 0.3) is 0 Å². The van der Waals surface area contributed by atoms with Gasteiger partial charge >= 0.3 is 11.7 Å². The van der Waals surface area contributed by atoms with Crippen LogP contribution in [-0.4, -0.2) is 35.0 Å². The van der Waals surface area contributed by atoms with Crippen molar-refractivity contribution in [2.24, 2.45) is 0 Å². The molecule has 1 N–H and O–H groups in total. The molecule has 3 rings (SSSR count). The number of anilines is 4. The Labute approximate surface area is 179 Å². The van der Waals surface area contributed by atoms with Crippen LogP contribution in [0.5, 0.6) is 0 Å². The third-order valence-electron chi connectivity index (χ3n) is 4.81. The van der Waals surface area contributed by atoms with Crippen molar-refractivity contribution in [1.82, 2.24) is 9.97 Å². The van der Waals surface area contributed by atoms with Gasteiger partial charge in [-0.1, -0.05) is 38.1 Å². The number of aromatic nitrogens is 2. The largest absolute Gasteiger partial charge is 0.465 e. The summed E-state index contributed by atoms with van der Waals surface area (Å²) in [6.45, 7) is 4.18. The molecule has 1 aromatic heterocycles. The van der Waals surface area contributed by atoms with E-state index in [9.17, 15) is 14.9 Å². The lowest BCUT2D eigenvalue weighted by atomic mass is 10.0. The van der Waals surface area contributed by atoms with Crippen molar-refractivity contribution in [2.75, 3.05) is 24.4 Å². The summed E-state index contributed by atoms with van der Waals surface area (Å²) < 4.78 is 4.83. The molecule has 0 atom stereocenters. The zero-order chi connectivity index (χ0) is 22.5. The zero-order valence-corrected chi connectivity index (χ0v) is 17.7. The molecule has 0 unspecified atom stereocenters. The fourth-order valence-corrected chi connectivity index (χ4v) is 3.13. The molecule has 9 nitrogen and oxygen atoms in total. The monoisotopic (exact) mass is 421 g/mol. The van der Waals surface area contributed by atoms with E-state index in [1.807, 2.05) is 24.3 Å². The van der Waals surface area contributed by atoms with Crippen LogP contribution in [0.3, 0.4) is 0 Å². The van der Waals surface area contributed by atoms with Gasteiger partial charge in [0.25, 0.3) is 0 Å². The van der Waals surface area contributed by atoms with Gasteiger partial charge in [0.05, 0.1) is 23.3 Å². The molecule has 3 aromatic rings. The van der Waals surface area contributed by atoms with Gasteiger partial charge in [-0.3, -0.25) is 10.1 Å². The molecule has 0 fully saturated rings. The second kappa shape index (κ2) is 9.21. The zero-order valence-electron chi connectivity index (χ0n) is 17.7. The number of nitrogens with zero attached hydrogens (tertiary/aromatic N) is 4. The van der Waals surface area contributed by atoms with Crippen LogP contribution in [-0.2, 0) is 4.74 Å². The van der Waals surface area contributed by atoms with Gasteiger partial charge in [0.2, 0.25) is 11.6 Å². The van der Waals surface area contributed by atoms with Gasteiger partial charge in [-0.25, -0.2) is 14.8 Å². The van der Waals surface area contributed by atoms with Crippen molar-refractivity contribution in [3.63, 3.8) is 0 Å². The van der Waals surface area contributed by atoms with E-state index < -0.39 is 10.9 Å². The third kappa shape index (κ3) is 4.61. The van der Waals surface area contributed by atoms with Gasteiger partial charge in [-0.05, 0) is 35.7 Å². The van der Waals surface area contributed by atoms with Crippen LogP contribution < -0.4 is 10.2 Å². The third-order valence-corrected chi connectivity index (χ3v) is 4.81. The first-order chi connectivity index (χ1) is 14.8. The molecule has 0 aliphatic rings. The van der Waals surface area contributed by atoms with Gasteiger partial charge in [0.1, 0.15) is 6.33 Å². The Bertz CT molecular complexity index is 1100. The summed E-state index contributed by atoms with van der Waals surface area (Å²) in [6, 6.07) is 14.3. The Morgan fingerprint density at radius 2 is 1.81 bits per heavy atom. The minimum atomic E-state index is -0.553. The van der Waals surface area contributed by atoms with Crippen molar-refractivity contribution in [1.29, 1.82) is 0 Å². The number of methoxy groups -OCH3 is 1. The lowest BCUT2D eigenvalue weighted by molar-refractivity contribution is -0.383. The number of carbonyl (C=O) groups excluding carboxylic acids is 1. The average molecular weight is 421 g/mol. The number of hydrogen-bond acceptors (Lipinski definition) is 8. The van der Waals surface area contributed by atoms with Crippen molar-refractivity contribution >= 4 is 34.7 Å². The summed E-state index contributed by atoms with van der Waals surface area (Å²) in [6.07, 6.45) is 1.24. The molecular formula is C22H23N5O4. The van der Waals surface area contributed by atoms with E-state index in [4.69, 9.17) is 4.74 Å². The summed E-state index contributed by atoms with van der Waals surface area (Å²) in [5, 5.41) is 15.0. The number of carbonyl (C=O) groups is 1. The van der Waals surface area contributed by atoms with Crippen LogP contribution in [0, 0.1) is 10.1 Å². The topological polar surface area (TPSA) is 110 Å². The van der Waals surface area contributed by atoms with E-state index in [0.29, 0.717) is 17.3 Å². The lowest BCUT2D eigenvalue weighted by Gasteiger charge is -2.21. The van der Waals surface area contributed by atoms with Gasteiger partial charge in [0.15, 0.2) is 0 Å². The fourth-order valence-electron chi connectivity index (χ4n) is 3.13. The van der Waals surface area contributed by atoms with E-state index in [2.05, 4.69) is 29.1 Å². The number of hydrogen-bond donors (Lipinski definition) is 1. The van der Waals surface area contributed by atoms with Crippen molar-refractivity contribution < 1.29 is 14.5 Å². The summed E-state index contributed by atoms with van der Waals surface area (Å²) in [5.74, 6) is -0.0901. The molecule has 1 heterocycles. The number of ether oxygens (including phenoxy) is 1. The Morgan fingerprint density at radius 1 is 1.13 bits per heavy atom. The maximum Gasteiger partial charge on any atom is 0.354 e. The summed E-state index contributed by atoms with van der Waals surface area (Å²) in [5.41, 5.74) is 2.19. The van der Waals surface area contributed by atoms with E-state index in [1.54, 1.807) is 31.3 Å². The molecule has 0 amide bonds. The highest BCUT2D eigenvalue weighted by Gasteiger charge is 2.28. The first-order valence-corrected chi connectivity index (χ1v) is 9.61. The average Bonchev–Trinajstić information content (AvgIpc) is 2.78. The molecular weight excluding hydrogens is 398 g/mol. The fraction of sp³-hybridized carbons (Fsp3) is 0.227. The minimum absolute atomic E-state index is 0.0395. The first-order valence-electron chi connectivity index (χ1n) is 9.61. The molecule has 2 aromatic carbocycles. The molecule has 160 valence electrons. The van der Waals surface area contributed by atoms with Crippen LogP contribution in [0.1, 0.15) is 35.7 Å². The molecule has 9 heteroatoms. The number of nitrogens with one attached hydrogen (secondary N) is 1. The maximum atomic E-state index is 12.1. The molecule has 0 radical (unpaired) electrons. The van der Waals surface area contributed by atoms with Crippen LogP contribution >= 0.6 is 0 Å². The highest BCUT2D eigenvalue weighted by Crippen LogP contribution is 2.37. The highest BCUT2D eigenvalue weighted by molar-refractivity contribution is 5.97. The molecule has 0 aliphatic carbocycles. The number of rotatable bonds is 7. The van der Waals surface area contributed by atoms with E-state index in [0.717, 1.165) is 5.56 Å². The Balaban J connectivity index is 2.03. The highest BCUT2D eigenvalue weighted by atomic mass is 16.6. The number of nitro groups is 1. The van der Waals surface area contributed by atoms with Gasteiger partial charge in [0, 0.05) is 12.7 Å². The molecule has 0 aliphatic heterocycles. The summed E-state index contributed by atoms with van der Waals surface area (Å²) in [4.78, 5) is 33.2. The van der Waals surface area contributed by atoms with Gasteiger partial charge in [-0.2, -0.15) is 0 Å². The second-order valence-corrected chi connectivity index (χ2v) is 7.12. The predicted octanol–water partition coefficient (Wildman–Crippen LogP) is 4.81.